The van der Waals surface area contributed by atoms with Crippen LogP contribution in [0.4, 0.5) is 0 Å². The number of carbonyl (C=O) groups is 5. The zero-order chi connectivity index (χ0) is 28.7. The Morgan fingerprint density at radius 2 is 1.59 bits per heavy atom. The summed E-state index contributed by atoms with van der Waals surface area (Å²) in [6, 6.07) is 0. The van der Waals surface area contributed by atoms with E-state index in [1.807, 2.05) is 0 Å². The van der Waals surface area contributed by atoms with Gasteiger partial charge in [-0.05, 0) is 6.92 Å². The van der Waals surface area contributed by atoms with Crippen LogP contribution in [-0.2, 0) is 49.4 Å². The molecular weight excluding hydrogens is 520 g/mol. The number of esters is 4. The number of hydrogen-bond acceptors (Lipinski definition) is 14. The average molecular weight is 549 g/mol. The summed E-state index contributed by atoms with van der Waals surface area (Å²) in [5.41, 5.74) is 1.07. The first-order valence-electron chi connectivity index (χ1n) is 11.7. The highest BCUT2D eigenvalue weighted by Gasteiger charge is 2.53. The van der Waals surface area contributed by atoms with Gasteiger partial charge in [0.1, 0.15) is 24.7 Å². The lowest BCUT2D eigenvalue weighted by molar-refractivity contribution is -0.270. The van der Waals surface area contributed by atoms with Crippen molar-refractivity contribution in [3.05, 3.63) is 35.7 Å². The Bertz CT molecular complexity index is 1230. The molecule has 1 amide bonds. The molecule has 0 radical (unpaired) electrons. The van der Waals surface area contributed by atoms with Gasteiger partial charge in [-0.25, -0.2) is 14.6 Å². The van der Waals surface area contributed by atoms with Crippen LogP contribution in [0.5, 0.6) is 0 Å². The molecule has 0 spiro atoms. The summed E-state index contributed by atoms with van der Waals surface area (Å²) in [6.45, 7) is 5.79. The molecule has 2 aromatic rings. The second-order valence-electron chi connectivity index (χ2n) is 8.48. The van der Waals surface area contributed by atoms with Crippen LogP contribution in [0.1, 0.15) is 55.7 Å². The number of carbonyl (C=O) groups excluding carboxylic acids is 5. The summed E-state index contributed by atoms with van der Waals surface area (Å²) in [5, 5.41) is 10.7. The zero-order valence-electron chi connectivity index (χ0n) is 21.9. The minimum atomic E-state index is -1.36. The summed E-state index contributed by atoms with van der Waals surface area (Å²) in [4.78, 5) is 67.6. The fraction of sp³-hybridized carbons (Fsp3) is 0.522. The lowest BCUT2D eigenvalue weighted by Crippen LogP contribution is -2.60. The lowest BCUT2D eigenvalue weighted by Gasteiger charge is -2.44. The number of aryl methyl sites for hydroxylation is 1. The molecule has 16 nitrogen and oxygen atoms in total. The molecule has 2 aromatic heterocycles. The standard InChI is InChI=1S/C23H28N6O10/c1-11-17(7-24-10-26-11)22(34)25-6-16-8-29(28-27-16)23-21(38-15(5)33)20(37-14(4)32)19(36-13(3)31)18(39-23)9-35-12(2)30/h7-8,10,18-21,23H,6,9H2,1-5H3,(H,25,34)/t18-,19-,20+,21-,23-/m1/s1. The monoisotopic (exact) mass is 548 g/mol. The van der Waals surface area contributed by atoms with E-state index in [-0.39, 0.29) is 18.7 Å². The minimum absolute atomic E-state index is 0.0432. The molecule has 3 rings (SSSR count). The molecule has 0 unspecified atom stereocenters. The molecule has 1 aliphatic rings. The van der Waals surface area contributed by atoms with E-state index in [2.05, 4.69) is 25.6 Å². The van der Waals surface area contributed by atoms with Gasteiger partial charge in [0.05, 0.1) is 24.0 Å². The van der Waals surface area contributed by atoms with Gasteiger partial charge >= 0.3 is 23.9 Å². The van der Waals surface area contributed by atoms with Gasteiger partial charge in [-0.3, -0.25) is 24.0 Å². The van der Waals surface area contributed by atoms with Crippen molar-refractivity contribution in [1.29, 1.82) is 0 Å². The summed E-state index contributed by atoms with van der Waals surface area (Å²) in [7, 11) is 0. The van der Waals surface area contributed by atoms with Crippen LogP contribution in [0.3, 0.4) is 0 Å². The summed E-state index contributed by atoms with van der Waals surface area (Å²) < 4.78 is 28.4. The van der Waals surface area contributed by atoms with Crippen molar-refractivity contribution in [3.8, 4) is 0 Å². The molecule has 5 atom stereocenters. The van der Waals surface area contributed by atoms with Crippen LogP contribution in [-0.4, -0.2) is 85.8 Å². The topological polar surface area (TPSA) is 200 Å². The Morgan fingerprint density at radius 1 is 0.949 bits per heavy atom. The summed E-state index contributed by atoms with van der Waals surface area (Å²) in [5.74, 6) is -3.33. The minimum Gasteiger partial charge on any atom is -0.463 e. The number of rotatable bonds is 9. The van der Waals surface area contributed by atoms with E-state index in [9.17, 15) is 24.0 Å². The summed E-state index contributed by atoms with van der Waals surface area (Å²) >= 11 is 0. The number of aromatic nitrogens is 5. The molecule has 1 fully saturated rings. The normalized spacial score (nSPS) is 22.3. The van der Waals surface area contributed by atoms with E-state index in [4.69, 9.17) is 23.7 Å². The summed E-state index contributed by atoms with van der Waals surface area (Å²) in [6.07, 6.45) is -2.29. The average Bonchev–Trinajstić information content (AvgIpc) is 3.32. The molecule has 210 valence electrons. The maximum atomic E-state index is 12.5. The molecule has 1 N–H and O–H groups in total. The molecule has 16 heteroatoms. The van der Waals surface area contributed by atoms with Gasteiger partial charge in [0.15, 0.2) is 24.5 Å². The van der Waals surface area contributed by atoms with Crippen LogP contribution in [0.2, 0.25) is 0 Å². The fourth-order valence-electron chi connectivity index (χ4n) is 3.82. The molecule has 3 heterocycles. The highest BCUT2D eigenvalue weighted by Crippen LogP contribution is 2.34. The van der Waals surface area contributed by atoms with E-state index in [1.54, 1.807) is 6.92 Å². The number of ether oxygens (including phenoxy) is 5. The SMILES string of the molecule is CC(=O)OC[C@H]1O[C@@H](n2cc(CNC(=O)c3cncnc3C)nn2)[C@H](OC(C)=O)[C@@H](OC(C)=O)[C@@H]1OC(C)=O. The third-order valence-electron chi connectivity index (χ3n) is 5.37. The number of nitrogens with one attached hydrogen (secondary N) is 1. The quantitative estimate of drug-likeness (QED) is 0.312. The predicted octanol–water partition coefficient (Wildman–Crippen LogP) is -0.438. The van der Waals surface area contributed by atoms with Crippen molar-refractivity contribution in [2.75, 3.05) is 6.61 Å². The molecule has 1 aliphatic heterocycles. The van der Waals surface area contributed by atoms with E-state index in [1.165, 1.54) is 30.3 Å². The smallest absolute Gasteiger partial charge is 0.303 e. The van der Waals surface area contributed by atoms with Gasteiger partial charge in [-0.2, -0.15) is 0 Å². The molecule has 39 heavy (non-hydrogen) atoms. The number of nitrogens with zero attached hydrogens (tertiary/aromatic N) is 5. The zero-order valence-corrected chi connectivity index (χ0v) is 21.9. The highest BCUT2D eigenvalue weighted by atomic mass is 16.7. The van der Waals surface area contributed by atoms with Crippen LogP contribution in [0.25, 0.3) is 0 Å². The number of amides is 1. The molecule has 0 aromatic carbocycles. The van der Waals surface area contributed by atoms with Crippen molar-refractivity contribution < 1.29 is 47.7 Å². The van der Waals surface area contributed by atoms with Crippen LogP contribution in [0.15, 0.2) is 18.7 Å². The molecule has 0 aliphatic carbocycles. The van der Waals surface area contributed by atoms with Crippen LogP contribution >= 0.6 is 0 Å². The van der Waals surface area contributed by atoms with Crippen molar-refractivity contribution in [2.45, 2.75) is 71.8 Å². The van der Waals surface area contributed by atoms with E-state index >= 15 is 0 Å². The van der Waals surface area contributed by atoms with Crippen molar-refractivity contribution in [1.82, 2.24) is 30.3 Å². The first-order chi connectivity index (χ1) is 18.5. The van der Waals surface area contributed by atoms with Crippen LogP contribution in [0, 0.1) is 6.92 Å². The van der Waals surface area contributed by atoms with Crippen molar-refractivity contribution in [3.63, 3.8) is 0 Å². The van der Waals surface area contributed by atoms with Gasteiger partial charge in [0.25, 0.3) is 5.91 Å². The second kappa shape index (κ2) is 12.9. The first kappa shape index (κ1) is 29.1. The fourth-order valence-corrected chi connectivity index (χ4v) is 3.82. The maximum absolute atomic E-state index is 12.5. The number of hydrogen-bond donors (Lipinski definition) is 1. The molecular formula is C23H28N6O10. The first-order valence-corrected chi connectivity index (χ1v) is 11.7. The largest absolute Gasteiger partial charge is 0.463 e. The van der Waals surface area contributed by atoms with Gasteiger partial charge in [0.2, 0.25) is 0 Å². The molecule has 0 bridgehead atoms. The van der Waals surface area contributed by atoms with E-state index < -0.39 is 60.4 Å². The van der Waals surface area contributed by atoms with Crippen LogP contribution < -0.4 is 5.32 Å². The Kier molecular flexibility index (Phi) is 9.59. The molecule has 1 saturated heterocycles. The molecule has 0 saturated carbocycles. The van der Waals surface area contributed by atoms with Gasteiger partial charge in [0, 0.05) is 33.9 Å². The van der Waals surface area contributed by atoms with Crippen molar-refractivity contribution in [2.24, 2.45) is 0 Å². The second-order valence-corrected chi connectivity index (χ2v) is 8.48. The third kappa shape index (κ3) is 7.76. The van der Waals surface area contributed by atoms with Gasteiger partial charge in [-0.1, -0.05) is 5.21 Å². The van der Waals surface area contributed by atoms with Gasteiger partial charge in [-0.15, -0.1) is 5.10 Å². The van der Waals surface area contributed by atoms with E-state index in [0.29, 0.717) is 11.4 Å². The predicted molar refractivity (Wildman–Crippen MR) is 125 cm³/mol. The maximum Gasteiger partial charge on any atom is 0.303 e. The Balaban J connectivity index is 1.90. The highest BCUT2D eigenvalue weighted by molar-refractivity contribution is 5.94. The third-order valence-corrected chi connectivity index (χ3v) is 5.37. The lowest BCUT2D eigenvalue weighted by atomic mass is 9.97. The van der Waals surface area contributed by atoms with Crippen molar-refractivity contribution >= 4 is 29.8 Å². The Hall–Kier alpha value is -4.47. The van der Waals surface area contributed by atoms with Gasteiger partial charge < -0.3 is 29.0 Å². The Labute approximate surface area is 222 Å². The Morgan fingerprint density at radius 3 is 2.21 bits per heavy atom. The van der Waals surface area contributed by atoms with E-state index in [0.717, 1.165) is 20.8 Å².